The van der Waals surface area contributed by atoms with E-state index in [0.29, 0.717) is 30.2 Å². The molecule has 0 saturated carbocycles. The fourth-order valence-corrected chi connectivity index (χ4v) is 2.72. The van der Waals surface area contributed by atoms with Gasteiger partial charge in [0, 0.05) is 18.6 Å². The molecule has 0 aliphatic carbocycles. The highest BCUT2D eigenvalue weighted by atomic mass is 16.5. The number of ether oxygens (including phenoxy) is 1. The van der Waals surface area contributed by atoms with Crippen LogP contribution >= 0.6 is 0 Å². The van der Waals surface area contributed by atoms with Crippen LogP contribution in [0.1, 0.15) is 48.0 Å². The van der Waals surface area contributed by atoms with Crippen LogP contribution in [0.5, 0.6) is 0 Å². The second-order valence-electron chi connectivity index (χ2n) is 5.58. The fourth-order valence-electron chi connectivity index (χ4n) is 2.72. The van der Waals surface area contributed by atoms with Crippen molar-refractivity contribution in [1.82, 2.24) is 4.90 Å². The van der Waals surface area contributed by atoms with Crippen molar-refractivity contribution in [3.05, 3.63) is 0 Å². The lowest BCUT2D eigenvalue weighted by Crippen LogP contribution is -2.44. The summed E-state index contributed by atoms with van der Waals surface area (Å²) in [6.07, 6.45) is 1.98. The van der Waals surface area contributed by atoms with Gasteiger partial charge in [0.1, 0.15) is 0 Å². The van der Waals surface area contributed by atoms with Crippen LogP contribution in [0.2, 0.25) is 0 Å². The quantitative estimate of drug-likeness (QED) is 0.712. The summed E-state index contributed by atoms with van der Waals surface area (Å²) in [5.74, 6) is 0.679. The summed E-state index contributed by atoms with van der Waals surface area (Å²) in [4.78, 5) is 2.59. The highest BCUT2D eigenvalue weighted by molar-refractivity contribution is 4.91. The Kier molecular flexibility index (Phi) is 4.60. The topological polar surface area (TPSA) is 12.5 Å². The SMILES string of the molecule is CC(C)OC1CCN(C(C)C)C1C(C)C. The Labute approximate surface area is 95.0 Å². The first-order valence-electron chi connectivity index (χ1n) is 6.34. The van der Waals surface area contributed by atoms with E-state index in [1.165, 1.54) is 13.0 Å². The van der Waals surface area contributed by atoms with E-state index in [9.17, 15) is 0 Å². The standard InChI is InChI=1S/C13H27NO/c1-9(2)13-12(15-11(5)6)7-8-14(13)10(3)4/h9-13H,7-8H2,1-6H3. The zero-order chi connectivity index (χ0) is 11.6. The molecule has 90 valence electrons. The third-order valence-corrected chi connectivity index (χ3v) is 3.23. The van der Waals surface area contributed by atoms with Crippen LogP contribution in [0.4, 0.5) is 0 Å². The van der Waals surface area contributed by atoms with Crippen molar-refractivity contribution in [2.75, 3.05) is 6.54 Å². The van der Waals surface area contributed by atoms with Gasteiger partial charge in [0.25, 0.3) is 0 Å². The molecule has 0 aromatic heterocycles. The van der Waals surface area contributed by atoms with E-state index in [1.807, 2.05) is 0 Å². The molecule has 1 rings (SSSR count). The third-order valence-electron chi connectivity index (χ3n) is 3.23. The second kappa shape index (κ2) is 5.31. The molecule has 0 aromatic rings. The molecule has 2 unspecified atom stereocenters. The molecule has 0 radical (unpaired) electrons. The van der Waals surface area contributed by atoms with Gasteiger partial charge >= 0.3 is 0 Å². The Morgan fingerprint density at radius 1 is 1.07 bits per heavy atom. The number of rotatable bonds is 4. The molecule has 1 saturated heterocycles. The first-order valence-corrected chi connectivity index (χ1v) is 6.34. The lowest BCUT2D eigenvalue weighted by atomic mass is 9.98. The molecule has 1 aliphatic heterocycles. The predicted octanol–water partition coefficient (Wildman–Crippen LogP) is 2.92. The molecule has 1 fully saturated rings. The number of nitrogens with zero attached hydrogens (tertiary/aromatic N) is 1. The van der Waals surface area contributed by atoms with Crippen molar-refractivity contribution in [1.29, 1.82) is 0 Å². The van der Waals surface area contributed by atoms with Crippen molar-refractivity contribution in [3.8, 4) is 0 Å². The fraction of sp³-hybridized carbons (Fsp3) is 1.00. The average molecular weight is 213 g/mol. The van der Waals surface area contributed by atoms with Crippen molar-refractivity contribution >= 4 is 0 Å². The van der Waals surface area contributed by atoms with Crippen LogP contribution in [-0.4, -0.2) is 35.7 Å². The summed E-state index contributed by atoms with van der Waals surface area (Å²) in [5.41, 5.74) is 0. The largest absolute Gasteiger partial charge is 0.374 e. The van der Waals surface area contributed by atoms with Gasteiger partial charge in [-0.2, -0.15) is 0 Å². The Hall–Kier alpha value is -0.0800. The van der Waals surface area contributed by atoms with Crippen LogP contribution in [0.15, 0.2) is 0 Å². The molecule has 0 N–H and O–H groups in total. The van der Waals surface area contributed by atoms with Gasteiger partial charge in [0.05, 0.1) is 12.2 Å². The minimum atomic E-state index is 0.350. The maximum atomic E-state index is 6.02. The molecule has 0 spiro atoms. The lowest BCUT2D eigenvalue weighted by Gasteiger charge is -2.34. The molecular formula is C13H27NO. The van der Waals surface area contributed by atoms with Gasteiger partial charge < -0.3 is 4.74 Å². The summed E-state index contributed by atoms with van der Waals surface area (Å²) in [7, 11) is 0. The van der Waals surface area contributed by atoms with E-state index < -0.39 is 0 Å². The molecule has 1 heterocycles. The Morgan fingerprint density at radius 3 is 2.07 bits per heavy atom. The summed E-state index contributed by atoms with van der Waals surface area (Å²) in [6.45, 7) is 14.6. The zero-order valence-electron chi connectivity index (χ0n) is 11.2. The van der Waals surface area contributed by atoms with E-state index in [-0.39, 0.29) is 0 Å². The zero-order valence-corrected chi connectivity index (χ0v) is 11.2. The highest BCUT2D eigenvalue weighted by Crippen LogP contribution is 2.29. The normalized spacial score (nSPS) is 28.6. The molecule has 2 atom stereocenters. The van der Waals surface area contributed by atoms with Gasteiger partial charge in [-0.3, -0.25) is 4.90 Å². The van der Waals surface area contributed by atoms with Gasteiger partial charge in [-0.05, 0) is 40.0 Å². The molecule has 2 nitrogen and oxygen atoms in total. The monoisotopic (exact) mass is 213 g/mol. The van der Waals surface area contributed by atoms with Crippen LogP contribution in [0.25, 0.3) is 0 Å². The Bertz CT molecular complexity index is 189. The van der Waals surface area contributed by atoms with E-state index in [4.69, 9.17) is 4.74 Å². The van der Waals surface area contributed by atoms with Crippen molar-refractivity contribution in [2.45, 2.75) is 72.3 Å². The first kappa shape index (κ1) is 13.0. The highest BCUT2D eigenvalue weighted by Gasteiger charge is 2.38. The number of hydrogen-bond acceptors (Lipinski definition) is 2. The molecular weight excluding hydrogens is 186 g/mol. The third kappa shape index (κ3) is 3.18. The molecule has 0 bridgehead atoms. The lowest BCUT2D eigenvalue weighted by molar-refractivity contribution is -0.0273. The van der Waals surface area contributed by atoms with Gasteiger partial charge in [-0.25, -0.2) is 0 Å². The van der Waals surface area contributed by atoms with Gasteiger partial charge in [-0.1, -0.05) is 13.8 Å². The van der Waals surface area contributed by atoms with E-state index >= 15 is 0 Å². The van der Waals surface area contributed by atoms with E-state index in [1.54, 1.807) is 0 Å². The Morgan fingerprint density at radius 2 is 1.67 bits per heavy atom. The second-order valence-corrected chi connectivity index (χ2v) is 5.58. The van der Waals surface area contributed by atoms with Crippen LogP contribution < -0.4 is 0 Å². The summed E-state index contributed by atoms with van der Waals surface area (Å²) in [5, 5.41) is 0. The summed E-state index contributed by atoms with van der Waals surface area (Å²) < 4.78 is 6.02. The number of likely N-dealkylation sites (tertiary alicyclic amines) is 1. The van der Waals surface area contributed by atoms with E-state index in [0.717, 1.165) is 0 Å². The minimum Gasteiger partial charge on any atom is -0.374 e. The van der Waals surface area contributed by atoms with Crippen molar-refractivity contribution < 1.29 is 4.74 Å². The van der Waals surface area contributed by atoms with Gasteiger partial charge in [0.15, 0.2) is 0 Å². The molecule has 0 amide bonds. The van der Waals surface area contributed by atoms with Crippen molar-refractivity contribution in [2.24, 2.45) is 5.92 Å². The summed E-state index contributed by atoms with van der Waals surface area (Å²) >= 11 is 0. The molecule has 0 aromatic carbocycles. The average Bonchev–Trinajstić information content (AvgIpc) is 2.46. The maximum Gasteiger partial charge on any atom is 0.0748 e. The molecule has 2 heteroatoms. The molecule has 15 heavy (non-hydrogen) atoms. The van der Waals surface area contributed by atoms with Crippen molar-refractivity contribution in [3.63, 3.8) is 0 Å². The van der Waals surface area contributed by atoms with Crippen LogP contribution in [-0.2, 0) is 4.74 Å². The number of hydrogen-bond donors (Lipinski definition) is 0. The summed E-state index contributed by atoms with van der Waals surface area (Å²) in [6, 6.07) is 1.24. The first-order chi connectivity index (χ1) is 6.93. The van der Waals surface area contributed by atoms with Crippen LogP contribution in [0.3, 0.4) is 0 Å². The van der Waals surface area contributed by atoms with Gasteiger partial charge in [-0.15, -0.1) is 0 Å². The smallest absolute Gasteiger partial charge is 0.0748 e. The van der Waals surface area contributed by atoms with Gasteiger partial charge in [0.2, 0.25) is 0 Å². The maximum absolute atomic E-state index is 6.02. The predicted molar refractivity (Wildman–Crippen MR) is 65.1 cm³/mol. The van der Waals surface area contributed by atoms with Crippen LogP contribution in [0, 0.1) is 5.92 Å². The molecule has 1 aliphatic rings. The van der Waals surface area contributed by atoms with E-state index in [2.05, 4.69) is 46.4 Å². The minimum absolute atomic E-state index is 0.350. The Balaban J connectivity index is 2.66.